The van der Waals surface area contributed by atoms with Crippen LogP contribution in [0, 0.1) is 19.7 Å². The molecule has 34 heavy (non-hydrogen) atoms. The number of anilines is 1. The van der Waals surface area contributed by atoms with Gasteiger partial charge in [0, 0.05) is 18.8 Å². The summed E-state index contributed by atoms with van der Waals surface area (Å²) in [5.41, 5.74) is 3.95. The van der Waals surface area contributed by atoms with Crippen molar-refractivity contribution in [2.24, 2.45) is 0 Å². The van der Waals surface area contributed by atoms with Gasteiger partial charge in [0.05, 0.1) is 27.4 Å². The van der Waals surface area contributed by atoms with E-state index in [1.807, 2.05) is 26.0 Å². The molecule has 4 aromatic rings. The molecule has 0 atom stereocenters. The molecule has 2 aromatic carbocycles. The van der Waals surface area contributed by atoms with Crippen molar-refractivity contribution in [1.29, 1.82) is 0 Å². The van der Waals surface area contributed by atoms with E-state index in [9.17, 15) is 17.6 Å². The number of thiazole rings is 1. The Hall–Kier alpha value is -3.17. The Bertz CT molecular complexity index is 1380. The van der Waals surface area contributed by atoms with Crippen LogP contribution in [0.2, 0.25) is 0 Å². The second-order valence-electron chi connectivity index (χ2n) is 8.12. The number of halogens is 1. The van der Waals surface area contributed by atoms with E-state index in [0.29, 0.717) is 5.13 Å². The highest BCUT2D eigenvalue weighted by Gasteiger charge is 2.22. The summed E-state index contributed by atoms with van der Waals surface area (Å²) in [7, 11) is -3.61. The maximum atomic E-state index is 13.3. The SMILES string of the molecule is Cc1cc2nc(N(Cc3cccnc3)C(=O)CCCS(=O)(=O)c3ccc(F)cc3)sc2cc1C. The highest BCUT2D eigenvalue weighted by molar-refractivity contribution is 7.91. The van der Waals surface area contributed by atoms with E-state index >= 15 is 0 Å². The number of amides is 1. The fraction of sp³-hybridized carbons (Fsp3) is 0.240. The lowest BCUT2D eigenvalue weighted by molar-refractivity contribution is -0.118. The monoisotopic (exact) mass is 497 g/mol. The second kappa shape index (κ2) is 9.99. The standard InChI is InChI=1S/C25H24FN3O3S2/c1-17-13-22-23(14-18(17)2)33-25(28-22)29(16-19-5-3-11-27-15-19)24(30)6-4-12-34(31,32)21-9-7-20(26)8-10-21/h3,5,7-11,13-15H,4,6,12,16H2,1-2H3. The molecule has 2 heterocycles. The zero-order chi connectivity index (χ0) is 24.3. The quantitative estimate of drug-likeness (QED) is 0.311. The molecule has 0 aliphatic carbocycles. The normalized spacial score (nSPS) is 11.6. The van der Waals surface area contributed by atoms with Crippen LogP contribution in [0.25, 0.3) is 10.2 Å². The lowest BCUT2D eigenvalue weighted by Crippen LogP contribution is -2.30. The van der Waals surface area contributed by atoms with Crippen molar-refractivity contribution in [3.63, 3.8) is 0 Å². The molecule has 0 aliphatic rings. The van der Waals surface area contributed by atoms with Crippen LogP contribution in [0.4, 0.5) is 9.52 Å². The molecular weight excluding hydrogens is 473 g/mol. The Morgan fingerprint density at radius 3 is 2.53 bits per heavy atom. The third-order valence-corrected chi connectivity index (χ3v) is 8.42. The third kappa shape index (κ3) is 5.48. The number of rotatable bonds is 8. The molecule has 0 fully saturated rings. The number of fused-ring (bicyclic) bond motifs is 1. The van der Waals surface area contributed by atoms with Gasteiger partial charge in [0.25, 0.3) is 0 Å². The van der Waals surface area contributed by atoms with Crippen molar-refractivity contribution in [2.75, 3.05) is 10.7 Å². The highest BCUT2D eigenvalue weighted by Crippen LogP contribution is 2.32. The summed E-state index contributed by atoms with van der Waals surface area (Å²) in [5, 5.41) is 0.565. The number of sulfone groups is 1. The average Bonchev–Trinajstić information content (AvgIpc) is 3.20. The van der Waals surface area contributed by atoms with Gasteiger partial charge in [-0.05, 0) is 79.4 Å². The van der Waals surface area contributed by atoms with Crippen LogP contribution < -0.4 is 4.90 Å². The summed E-state index contributed by atoms with van der Waals surface area (Å²) < 4.78 is 39.3. The van der Waals surface area contributed by atoms with Crippen molar-refractivity contribution in [1.82, 2.24) is 9.97 Å². The first-order valence-electron chi connectivity index (χ1n) is 10.8. The van der Waals surface area contributed by atoms with Gasteiger partial charge in [-0.15, -0.1) is 0 Å². The van der Waals surface area contributed by atoms with Crippen molar-refractivity contribution in [3.05, 3.63) is 83.4 Å². The van der Waals surface area contributed by atoms with Gasteiger partial charge in [-0.3, -0.25) is 14.7 Å². The minimum absolute atomic E-state index is 0.0364. The number of hydrogen-bond donors (Lipinski definition) is 0. The predicted octanol–water partition coefficient (Wildman–Crippen LogP) is 5.23. The molecular formula is C25H24FN3O3S2. The first-order valence-corrected chi connectivity index (χ1v) is 13.3. The molecule has 0 radical (unpaired) electrons. The number of nitrogens with zero attached hydrogens (tertiary/aromatic N) is 3. The van der Waals surface area contributed by atoms with Gasteiger partial charge in [0.1, 0.15) is 5.82 Å². The Morgan fingerprint density at radius 2 is 1.82 bits per heavy atom. The molecule has 1 amide bonds. The predicted molar refractivity (Wildman–Crippen MR) is 132 cm³/mol. The Balaban J connectivity index is 1.54. The molecule has 9 heteroatoms. The summed E-state index contributed by atoms with van der Waals surface area (Å²) >= 11 is 1.43. The number of hydrogen-bond acceptors (Lipinski definition) is 6. The van der Waals surface area contributed by atoms with E-state index in [1.165, 1.54) is 23.5 Å². The van der Waals surface area contributed by atoms with Gasteiger partial charge < -0.3 is 0 Å². The maximum absolute atomic E-state index is 13.3. The van der Waals surface area contributed by atoms with Crippen LogP contribution in [0.5, 0.6) is 0 Å². The summed E-state index contributed by atoms with van der Waals surface area (Å²) in [5.74, 6) is -0.921. The lowest BCUT2D eigenvalue weighted by Gasteiger charge is -2.20. The Labute approximate surface area is 202 Å². The molecule has 176 valence electrons. The van der Waals surface area contributed by atoms with Crippen molar-refractivity contribution in [3.8, 4) is 0 Å². The minimum atomic E-state index is -3.61. The van der Waals surface area contributed by atoms with Crippen LogP contribution in [0.1, 0.15) is 29.5 Å². The molecule has 0 saturated carbocycles. The maximum Gasteiger partial charge on any atom is 0.229 e. The number of carbonyl (C=O) groups excluding carboxylic acids is 1. The zero-order valence-electron chi connectivity index (χ0n) is 18.9. The van der Waals surface area contributed by atoms with Crippen LogP contribution in [0.3, 0.4) is 0 Å². The van der Waals surface area contributed by atoms with E-state index in [1.54, 1.807) is 23.4 Å². The van der Waals surface area contributed by atoms with E-state index in [4.69, 9.17) is 4.98 Å². The number of benzene rings is 2. The molecule has 0 aliphatic heterocycles. The fourth-order valence-corrected chi connectivity index (χ4v) is 5.90. The molecule has 4 rings (SSSR count). The number of carbonyl (C=O) groups is 1. The van der Waals surface area contributed by atoms with Gasteiger partial charge in [0.15, 0.2) is 15.0 Å². The van der Waals surface area contributed by atoms with Crippen LogP contribution >= 0.6 is 11.3 Å². The summed E-state index contributed by atoms with van der Waals surface area (Å²) in [6.07, 6.45) is 3.54. The molecule has 0 bridgehead atoms. The van der Waals surface area contributed by atoms with E-state index < -0.39 is 15.7 Å². The highest BCUT2D eigenvalue weighted by atomic mass is 32.2. The molecule has 0 N–H and O–H groups in total. The Kier molecular flexibility index (Phi) is 7.04. The Morgan fingerprint density at radius 1 is 1.09 bits per heavy atom. The van der Waals surface area contributed by atoms with Crippen LogP contribution in [-0.4, -0.2) is 30.0 Å². The van der Waals surface area contributed by atoms with Gasteiger partial charge in [-0.1, -0.05) is 17.4 Å². The van der Waals surface area contributed by atoms with Crippen molar-refractivity contribution >= 4 is 42.4 Å². The second-order valence-corrected chi connectivity index (χ2v) is 11.2. The summed E-state index contributed by atoms with van der Waals surface area (Å²) in [6, 6.07) is 12.5. The van der Waals surface area contributed by atoms with Crippen LogP contribution in [-0.2, 0) is 21.2 Å². The third-order valence-electron chi connectivity index (χ3n) is 5.56. The molecule has 0 spiro atoms. The van der Waals surface area contributed by atoms with Gasteiger partial charge in [0.2, 0.25) is 5.91 Å². The van der Waals surface area contributed by atoms with Crippen molar-refractivity contribution in [2.45, 2.75) is 38.1 Å². The molecule has 6 nitrogen and oxygen atoms in total. The molecule has 0 unspecified atom stereocenters. The van der Waals surface area contributed by atoms with E-state index in [-0.39, 0.29) is 35.9 Å². The largest absolute Gasteiger partial charge is 0.284 e. The average molecular weight is 498 g/mol. The summed E-state index contributed by atoms with van der Waals surface area (Å²) in [4.78, 5) is 23.7. The first kappa shape index (κ1) is 24.0. The fourth-order valence-electron chi connectivity index (χ4n) is 3.53. The summed E-state index contributed by atoms with van der Waals surface area (Å²) in [6.45, 7) is 4.34. The van der Waals surface area contributed by atoms with Gasteiger partial charge in [-0.2, -0.15) is 0 Å². The van der Waals surface area contributed by atoms with Gasteiger partial charge >= 0.3 is 0 Å². The number of aryl methyl sites for hydroxylation is 2. The van der Waals surface area contributed by atoms with Crippen molar-refractivity contribution < 1.29 is 17.6 Å². The van der Waals surface area contributed by atoms with Gasteiger partial charge in [-0.25, -0.2) is 17.8 Å². The smallest absolute Gasteiger partial charge is 0.229 e. The minimum Gasteiger partial charge on any atom is -0.284 e. The van der Waals surface area contributed by atoms with E-state index in [2.05, 4.69) is 11.1 Å². The molecule has 0 saturated heterocycles. The topological polar surface area (TPSA) is 80.2 Å². The number of pyridine rings is 1. The number of aromatic nitrogens is 2. The zero-order valence-corrected chi connectivity index (χ0v) is 20.5. The van der Waals surface area contributed by atoms with E-state index in [0.717, 1.165) is 39.0 Å². The lowest BCUT2D eigenvalue weighted by atomic mass is 10.1. The van der Waals surface area contributed by atoms with Crippen LogP contribution in [0.15, 0.2) is 65.8 Å². The first-order chi connectivity index (χ1) is 16.2. The molecule has 2 aromatic heterocycles.